The summed E-state index contributed by atoms with van der Waals surface area (Å²) >= 11 is 6.78. The summed E-state index contributed by atoms with van der Waals surface area (Å²) in [5.74, 6) is 0.879. The van der Waals surface area contributed by atoms with Crippen LogP contribution >= 0.6 is 31.9 Å². The molecule has 0 spiro atoms. The third kappa shape index (κ3) is 3.42. The molecule has 1 aromatic heterocycles. The molecule has 0 fully saturated rings. The van der Waals surface area contributed by atoms with Crippen molar-refractivity contribution >= 4 is 54.9 Å². The Morgan fingerprint density at radius 1 is 1.33 bits per heavy atom. The van der Waals surface area contributed by atoms with E-state index < -0.39 is 4.92 Å². The minimum absolute atomic E-state index is 0.148. The number of anilines is 3. The minimum atomic E-state index is -0.579. The Kier molecular flexibility index (Phi) is 4.63. The van der Waals surface area contributed by atoms with Gasteiger partial charge in [0.15, 0.2) is 0 Å². The van der Waals surface area contributed by atoms with Crippen LogP contribution in [0.1, 0.15) is 0 Å². The number of nitrogens with one attached hydrogen (secondary N) is 1. The summed E-state index contributed by atoms with van der Waals surface area (Å²) in [4.78, 5) is 14.1. The van der Waals surface area contributed by atoms with Gasteiger partial charge in [0.1, 0.15) is 11.6 Å². The Morgan fingerprint density at radius 3 is 2.62 bits per heavy atom. The highest BCUT2D eigenvalue weighted by Crippen LogP contribution is 2.36. The molecule has 0 aliphatic carbocycles. The molecule has 0 saturated heterocycles. The fourth-order valence-electron chi connectivity index (χ4n) is 1.61. The van der Waals surface area contributed by atoms with E-state index in [0.29, 0.717) is 17.3 Å². The molecule has 1 heterocycles. The van der Waals surface area contributed by atoms with Crippen molar-refractivity contribution in [2.24, 2.45) is 0 Å². The Bertz CT molecular complexity index is 709. The standard InChI is InChI=1S/C12H10Br2N4O3/c1-21-10-5-8(6(13)4-7(10)14)16-11-3-2-9(18(19)20)12(15)17-11/h2-5H,1H3,(H3,15,16,17). The van der Waals surface area contributed by atoms with Crippen molar-refractivity contribution in [3.05, 3.63) is 43.3 Å². The summed E-state index contributed by atoms with van der Waals surface area (Å²) in [7, 11) is 1.56. The highest BCUT2D eigenvalue weighted by atomic mass is 79.9. The Morgan fingerprint density at radius 2 is 2.05 bits per heavy atom. The average Bonchev–Trinajstić information content (AvgIpc) is 2.41. The number of ether oxygens (including phenoxy) is 1. The first-order valence-corrected chi connectivity index (χ1v) is 7.22. The van der Waals surface area contributed by atoms with Crippen LogP contribution in [0.2, 0.25) is 0 Å². The second kappa shape index (κ2) is 6.27. The molecule has 1 aromatic carbocycles. The SMILES string of the molecule is COc1cc(Nc2ccc([N+](=O)[O-])c(N)n2)c(Br)cc1Br. The van der Waals surface area contributed by atoms with Gasteiger partial charge < -0.3 is 15.8 Å². The van der Waals surface area contributed by atoms with E-state index in [0.717, 1.165) is 8.95 Å². The first kappa shape index (κ1) is 15.5. The number of hydrogen-bond acceptors (Lipinski definition) is 6. The van der Waals surface area contributed by atoms with Crippen molar-refractivity contribution in [1.82, 2.24) is 4.98 Å². The molecule has 2 rings (SSSR count). The van der Waals surface area contributed by atoms with Gasteiger partial charge in [0.05, 0.1) is 22.2 Å². The number of rotatable bonds is 4. The van der Waals surface area contributed by atoms with Crippen LogP contribution in [-0.2, 0) is 0 Å². The number of pyridine rings is 1. The summed E-state index contributed by atoms with van der Waals surface area (Å²) in [6, 6.07) is 6.35. The molecular weight excluding hydrogens is 408 g/mol. The Hall–Kier alpha value is -1.87. The maximum absolute atomic E-state index is 10.7. The van der Waals surface area contributed by atoms with E-state index >= 15 is 0 Å². The van der Waals surface area contributed by atoms with E-state index in [2.05, 4.69) is 42.2 Å². The monoisotopic (exact) mass is 416 g/mol. The molecular formula is C12H10Br2N4O3. The van der Waals surface area contributed by atoms with E-state index in [1.54, 1.807) is 13.2 Å². The smallest absolute Gasteiger partial charge is 0.311 e. The second-order valence-electron chi connectivity index (χ2n) is 3.95. The fraction of sp³-hybridized carbons (Fsp3) is 0.0833. The van der Waals surface area contributed by atoms with Gasteiger partial charge >= 0.3 is 5.69 Å². The number of nitro groups is 1. The lowest BCUT2D eigenvalue weighted by molar-refractivity contribution is -0.384. The zero-order valence-corrected chi connectivity index (χ0v) is 13.9. The zero-order chi connectivity index (χ0) is 15.6. The number of hydrogen-bond donors (Lipinski definition) is 2. The quantitative estimate of drug-likeness (QED) is 0.578. The van der Waals surface area contributed by atoms with Gasteiger partial charge in [-0.05, 0) is 44.0 Å². The number of benzene rings is 1. The molecule has 0 bridgehead atoms. The third-order valence-corrected chi connectivity index (χ3v) is 3.88. The minimum Gasteiger partial charge on any atom is -0.495 e. The first-order valence-electron chi connectivity index (χ1n) is 5.63. The van der Waals surface area contributed by atoms with E-state index in [1.165, 1.54) is 12.1 Å². The van der Waals surface area contributed by atoms with Gasteiger partial charge in [-0.1, -0.05) is 0 Å². The van der Waals surface area contributed by atoms with Crippen LogP contribution in [0.5, 0.6) is 5.75 Å². The molecule has 0 aliphatic heterocycles. The lowest BCUT2D eigenvalue weighted by Crippen LogP contribution is -2.02. The van der Waals surface area contributed by atoms with Crippen molar-refractivity contribution in [3.8, 4) is 5.75 Å². The molecule has 0 atom stereocenters. The van der Waals surface area contributed by atoms with Gasteiger partial charge in [-0.3, -0.25) is 10.1 Å². The largest absolute Gasteiger partial charge is 0.495 e. The normalized spacial score (nSPS) is 10.2. The molecule has 0 amide bonds. The molecule has 9 heteroatoms. The van der Waals surface area contributed by atoms with Crippen molar-refractivity contribution in [2.45, 2.75) is 0 Å². The van der Waals surface area contributed by atoms with Gasteiger partial charge in [0, 0.05) is 16.6 Å². The number of aromatic nitrogens is 1. The van der Waals surface area contributed by atoms with Crippen LogP contribution < -0.4 is 15.8 Å². The first-order chi connectivity index (χ1) is 9.92. The highest BCUT2D eigenvalue weighted by molar-refractivity contribution is 9.11. The van der Waals surface area contributed by atoms with Crippen molar-refractivity contribution in [2.75, 3.05) is 18.2 Å². The molecule has 7 nitrogen and oxygen atoms in total. The topological polar surface area (TPSA) is 103 Å². The van der Waals surface area contributed by atoms with Gasteiger partial charge in [0.25, 0.3) is 0 Å². The van der Waals surface area contributed by atoms with Gasteiger partial charge in [-0.2, -0.15) is 0 Å². The third-order valence-electron chi connectivity index (χ3n) is 2.60. The second-order valence-corrected chi connectivity index (χ2v) is 5.66. The number of nitrogens with zero attached hydrogens (tertiary/aromatic N) is 2. The van der Waals surface area contributed by atoms with E-state index in [4.69, 9.17) is 10.5 Å². The summed E-state index contributed by atoms with van der Waals surface area (Å²) in [5.41, 5.74) is 6.02. The maximum atomic E-state index is 10.7. The molecule has 3 N–H and O–H groups in total. The van der Waals surface area contributed by atoms with E-state index in [9.17, 15) is 10.1 Å². The molecule has 0 aliphatic rings. The predicted molar refractivity (Wildman–Crippen MR) is 87.0 cm³/mol. The summed E-state index contributed by atoms with van der Waals surface area (Å²) in [6.45, 7) is 0. The van der Waals surface area contributed by atoms with Crippen LogP contribution in [-0.4, -0.2) is 17.0 Å². The van der Waals surface area contributed by atoms with E-state index in [1.807, 2.05) is 6.07 Å². The average molecular weight is 418 g/mol. The van der Waals surface area contributed by atoms with Crippen LogP contribution in [0.25, 0.3) is 0 Å². The highest BCUT2D eigenvalue weighted by Gasteiger charge is 2.14. The number of methoxy groups -OCH3 is 1. The number of nitrogens with two attached hydrogens (primary N) is 1. The van der Waals surface area contributed by atoms with E-state index in [-0.39, 0.29) is 11.5 Å². The van der Waals surface area contributed by atoms with Gasteiger partial charge in [-0.15, -0.1) is 0 Å². The summed E-state index contributed by atoms with van der Waals surface area (Å²) < 4.78 is 6.77. The van der Waals surface area contributed by atoms with Crippen molar-refractivity contribution in [3.63, 3.8) is 0 Å². The molecule has 0 unspecified atom stereocenters. The van der Waals surface area contributed by atoms with Crippen molar-refractivity contribution in [1.29, 1.82) is 0 Å². The molecule has 110 valence electrons. The van der Waals surface area contributed by atoms with Crippen LogP contribution in [0, 0.1) is 10.1 Å². The lowest BCUT2D eigenvalue weighted by Gasteiger charge is -2.11. The predicted octanol–water partition coefficient (Wildman–Crippen LogP) is 3.85. The van der Waals surface area contributed by atoms with Crippen molar-refractivity contribution < 1.29 is 9.66 Å². The van der Waals surface area contributed by atoms with Crippen LogP contribution in [0.15, 0.2) is 33.2 Å². The van der Waals surface area contributed by atoms with Gasteiger partial charge in [-0.25, -0.2) is 4.98 Å². The zero-order valence-electron chi connectivity index (χ0n) is 10.8. The van der Waals surface area contributed by atoms with Crippen LogP contribution in [0.3, 0.4) is 0 Å². The molecule has 0 radical (unpaired) electrons. The maximum Gasteiger partial charge on any atom is 0.311 e. The van der Waals surface area contributed by atoms with Gasteiger partial charge in [0.2, 0.25) is 5.82 Å². The summed E-state index contributed by atoms with van der Waals surface area (Å²) in [6.07, 6.45) is 0. The number of nitrogen functional groups attached to an aromatic ring is 1. The molecule has 0 saturated carbocycles. The Labute approximate surface area is 136 Å². The Balaban J connectivity index is 2.34. The van der Waals surface area contributed by atoms with Crippen LogP contribution in [0.4, 0.5) is 23.0 Å². The molecule has 21 heavy (non-hydrogen) atoms. The fourth-order valence-corrected chi connectivity index (χ4v) is 2.87. The molecule has 2 aromatic rings. The lowest BCUT2D eigenvalue weighted by atomic mass is 10.3. The number of halogens is 2. The summed E-state index contributed by atoms with van der Waals surface area (Å²) in [5, 5.41) is 13.7.